The highest BCUT2D eigenvalue weighted by Crippen LogP contribution is 2.32. The fourth-order valence-electron chi connectivity index (χ4n) is 2.39. The van der Waals surface area contributed by atoms with Crippen molar-refractivity contribution in [1.29, 1.82) is 0 Å². The van der Waals surface area contributed by atoms with Gasteiger partial charge in [-0.2, -0.15) is 0 Å². The van der Waals surface area contributed by atoms with E-state index in [9.17, 15) is 10.2 Å². The molecule has 2 rings (SSSR count). The Bertz CT molecular complexity index is 516. The number of aryl methyl sites for hydroxylation is 1. The Balaban J connectivity index is 1.92. The highest BCUT2D eigenvalue weighted by molar-refractivity contribution is 5.44. The van der Waals surface area contributed by atoms with Gasteiger partial charge in [-0.15, -0.1) is 0 Å². The van der Waals surface area contributed by atoms with E-state index in [1.807, 2.05) is 19.1 Å². The van der Waals surface area contributed by atoms with Crippen LogP contribution in [0.2, 0.25) is 0 Å². The molecule has 0 spiro atoms. The molecule has 1 aromatic carbocycles. The van der Waals surface area contributed by atoms with Crippen molar-refractivity contribution in [3.05, 3.63) is 47.9 Å². The van der Waals surface area contributed by atoms with Crippen molar-refractivity contribution in [3.63, 3.8) is 0 Å². The molecule has 0 aliphatic rings. The molecule has 0 saturated carbocycles. The van der Waals surface area contributed by atoms with Crippen molar-refractivity contribution in [3.8, 4) is 11.5 Å². The zero-order valence-corrected chi connectivity index (χ0v) is 11.8. The molecule has 0 fully saturated rings. The number of benzene rings is 1. The number of furan rings is 1. The molecule has 0 aliphatic heterocycles. The highest BCUT2D eigenvalue weighted by Gasteiger charge is 2.16. The fraction of sp³-hybridized carbons (Fsp3) is 0.375. The number of aromatic hydroxyl groups is 2. The van der Waals surface area contributed by atoms with Crippen molar-refractivity contribution >= 4 is 0 Å². The first-order valence-electron chi connectivity index (χ1n) is 6.87. The van der Waals surface area contributed by atoms with Gasteiger partial charge >= 0.3 is 0 Å². The summed E-state index contributed by atoms with van der Waals surface area (Å²) in [7, 11) is 0. The molecular formula is C16H21NO3. The van der Waals surface area contributed by atoms with E-state index in [0.717, 1.165) is 18.6 Å². The summed E-state index contributed by atoms with van der Waals surface area (Å²) >= 11 is 0. The maximum absolute atomic E-state index is 9.84. The highest BCUT2D eigenvalue weighted by atomic mass is 16.3. The van der Waals surface area contributed by atoms with Crippen LogP contribution in [0.5, 0.6) is 11.5 Å². The summed E-state index contributed by atoms with van der Waals surface area (Å²) < 4.78 is 5.30. The van der Waals surface area contributed by atoms with E-state index < -0.39 is 0 Å². The van der Waals surface area contributed by atoms with Gasteiger partial charge in [-0.05, 0) is 44.5 Å². The third kappa shape index (κ3) is 3.54. The van der Waals surface area contributed by atoms with Gasteiger partial charge in [0.25, 0.3) is 0 Å². The molecule has 2 aromatic rings. The lowest BCUT2D eigenvalue weighted by Gasteiger charge is -2.21. The van der Waals surface area contributed by atoms with E-state index in [2.05, 4.69) is 12.2 Å². The number of phenols is 2. The van der Waals surface area contributed by atoms with Crippen molar-refractivity contribution < 1.29 is 14.6 Å². The predicted molar refractivity (Wildman–Crippen MR) is 77.8 cm³/mol. The number of nitrogens with one attached hydrogen (secondary N) is 1. The summed E-state index contributed by atoms with van der Waals surface area (Å²) in [6.45, 7) is 4.01. The minimum absolute atomic E-state index is 0.114. The molecule has 0 aliphatic carbocycles. The van der Waals surface area contributed by atoms with Crippen LogP contribution < -0.4 is 5.32 Å². The van der Waals surface area contributed by atoms with Crippen LogP contribution in [0, 0.1) is 0 Å². The third-order valence-corrected chi connectivity index (χ3v) is 3.43. The zero-order chi connectivity index (χ0) is 14.5. The van der Waals surface area contributed by atoms with E-state index in [1.165, 1.54) is 0 Å². The van der Waals surface area contributed by atoms with Gasteiger partial charge in [0.15, 0.2) is 0 Å². The fourth-order valence-corrected chi connectivity index (χ4v) is 2.39. The molecule has 1 heterocycles. The largest absolute Gasteiger partial charge is 0.507 e. The second-order valence-electron chi connectivity index (χ2n) is 5.12. The summed E-state index contributed by atoms with van der Waals surface area (Å²) in [5.74, 6) is 1.20. The minimum atomic E-state index is -0.122. The Morgan fingerprint density at radius 2 is 1.80 bits per heavy atom. The maximum Gasteiger partial charge on any atom is 0.124 e. The Morgan fingerprint density at radius 3 is 2.40 bits per heavy atom. The minimum Gasteiger partial charge on any atom is -0.507 e. The first-order chi connectivity index (χ1) is 9.58. The average molecular weight is 275 g/mol. The van der Waals surface area contributed by atoms with Crippen molar-refractivity contribution in [1.82, 2.24) is 5.32 Å². The van der Waals surface area contributed by atoms with Gasteiger partial charge in [-0.25, -0.2) is 0 Å². The van der Waals surface area contributed by atoms with Crippen LogP contribution in [-0.2, 0) is 6.42 Å². The second-order valence-corrected chi connectivity index (χ2v) is 5.12. The van der Waals surface area contributed by atoms with Crippen molar-refractivity contribution in [2.75, 3.05) is 0 Å². The van der Waals surface area contributed by atoms with Gasteiger partial charge < -0.3 is 19.9 Å². The van der Waals surface area contributed by atoms with Gasteiger partial charge in [-0.1, -0.05) is 6.07 Å². The lowest BCUT2D eigenvalue weighted by molar-refractivity contribution is 0.393. The van der Waals surface area contributed by atoms with Gasteiger partial charge in [0.2, 0.25) is 0 Å². The zero-order valence-electron chi connectivity index (χ0n) is 11.8. The molecule has 0 amide bonds. The lowest BCUT2D eigenvalue weighted by atomic mass is 10.0. The SMILES string of the molecule is CC(CCc1ccco1)NC(C)c1c(O)cccc1O. The molecule has 0 saturated heterocycles. The van der Waals surface area contributed by atoms with Gasteiger partial charge in [0.05, 0.1) is 11.8 Å². The molecule has 0 radical (unpaired) electrons. The summed E-state index contributed by atoms with van der Waals surface area (Å²) in [5, 5.41) is 23.1. The van der Waals surface area contributed by atoms with E-state index in [-0.39, 0.29) is 23.6 Å². The maximum atomic E-state index is 9.84. The Morgan fingerprint density at radius 1 is 1.10 bits per heavy atom. The third-order valence-electron chi connectivity index (χ3n) is 3.43. The van der Waals surface area contributed by atoms with Crippen LogP contribution in [0.4, 0.5) is 0 Å². The number of hydrogen-bond donors (Lipinski definition) is 3. The van der Waals surface area contributed by atoms with E-state index in [0.29, 0.717) is 5.56 Å². The first kappa shape index (κ1) is 14.5. The van der Waals surface area contributed by atoms with Crippen LogP contribution >= 0.6 is 0 Å². The van der Waals surface area contributed by atoms with E-state index in [1.54, 1.807) is 24.5 Å². The molecule has 4 nitrogen and oxygen atoms in total. The summed E-state index contributed by atoms with van der Waals surface area (Å²) in [6, 6.07) is 8.76. The lowest BCUT2D eigenvalue weighted by Crippen LogP contribution is -2.29. The standard InChI is InChI=1S/C16H21NO3/c1-11(8-9-13-5-4-10-20-13)17-12(2)16-14(18)6-3-7-15(16)19/h3-7,10-12,17-19H,8-9H2,1-2H3. The second kappa shape index (κ2) is 6.48. The molecule has 2 atom stereocenters. The van der Waals surface area contributed by atoms with Gasteiger partial charge in [-0.3, -0.25) is 0 Å². The number of phenolic OH excluding ortho intramolecular Hbond substituents is 2. The quantitative estimate of drug-likeness (QED) is 0.756. The Labute approximate surface area is 119 Å². The van der Waals surface area contributed by atoms with E-state index >= 15 is 0 Å². The van der Waals surface area contributed by atoms with Gasteiger partial charge in [0.1, 0.15) is 17.3 Å². The monoisotopic (exact) mass is 275 g/mol. The molecule has 20 heavy (non-hydrogen) atoms. The predicted octanol–water partition coefficient (Wildman–Crippen LogP) is 3.36. The Kier molecular flexibility index (Phi) is 4.69. The summed E-state index contributed by atoms with van der Waals surface area (Å²) in [6.07, 6.45) is 3.46. The molecule has 2 unspecified atom stereocenters. The smallest absolute Gasteiger partial charge is 0.124 e. The van der Waals surface area contributed by atoms with Crippen LogP contribution in [0.1, 0.15) is 37.6 Å². The molecular weight excluding hydrogens is 254 g/mol. The number of hydrogen-bond acceptors (Lipinski definition) is 4. The summed E-state index contributed by atoms with van der Waals surface area (Å²) in [5.41, 5.74) is 0.539. The van der Waals surface area contributed by atoms with Crippen LogP contribution in [0.15, 0.2) is 41.0 Å². The average Bonchev–Trinajstić information content (AvgIpc) is 2.89. The van der Waals surface area contributed by atoms with Crippen molar-refractivity contribution in [2.45, 2.75) is 38.8 Å². The molecule has 3 N–H and O–H groups in total. The van der Waals surface area contributed by atoms with Crippen LogP contribution in [-0.4, -0.2) is 16.3 Å². The van der Waals surface area contributed by atoms with Gasteiger partial charge in [0, 0.05) is 18.5 Å². The first-order valence-corrected chi connectivity index (χ1v) is 6.87. The Hall–Kier alpha value is -1.94. The molecule has 108 valence electrons. The van der Waals surface area contributed by atoms with Crippen LogP contribution in [0.25, 0.3) is 0 Å². The number of rotatable bonds is 6. The molecule has 1 aromatic heterocycles. The normalized spacial score (nSPS) is 14.1. The molecule has 4 heteroatoms. The summed E-state index contributed by atoms with van der Waals surface area (Å²) in [4.78, 5) is 0. The molecule has 0 bridgehead atoms. The van der Waals surface area contributed by atoms with Crippen molar-refractivity contribution in [2.24, 2.45) is 0 Å². The van der Waals surface area contributed by atoms with Crippen LogP contribution in [0.3, 0.4) is 0 Å². The topological polar surface area (TPSA) is 65.6 Å². The van der Waals surface area contributed by atoms with E-state index in [4.69, 9.17) is 4.42 Å².